The SMILES string of the molecule is CCCNC(c1cc2ccccc2o1)c1cccnc1N. The van der Waals surface area contributed by atoms with Gasteiger partial charge in [0, 0.05) is 17.1 Å². The Morgan fingerprint density at radius 2 is 2.10 bits per heavy atom. The van der Waals surface area contributed by atoms with Crippen LogP contribution in [0.25, 0.3) is 11.0 Å². The number of nitrogen functional groups attached to an aromatic ring is 1. The Balaban J connectivity index is 2.04. The van der Waals surface area contributed by atoms with Crippen molar-refractivity contribution in [2.24, 2.45) is 0 Å². The second-order valence-corrected chi connectivity index (χ2v) is 5.05. The second-order valence-electron chi connectivity index (χ2n) is 5.05. The zero-order valence-electron chi connectivity index (χ0n) is 12.0. The number of benzene rings is 1. The molecule has 0 radical (unpaired) electrons. The van der Waals surface area contributed by atoms with Gasteiger partial charge in [0.2, 0.25) is 0 Å². The summed E-state index contributed by atoms with van der Waals surface area (Å²) < 4.78 is 5.99. The third-order valence-corrected chi connectivity index (χ3v) is 3.51. The number of nitrogens with one attached hydrogen (secondary N) is 1. The summed E-state index contributed by atoms with van der Waals surface area (Å²) in [6, 6.07) is 13.9. The molecule has 3 N–H and O–H groups in total. The first kappa shape index (κ1) is 13.6. The molecule has 2 aromatic heterocycles. The van der Waals surface area contributed by atoms with Gasteiger partial charge in [-0.2, -0.15) is 0 Å². The van der Waals surface area contributed by atoms with Crippen molar-refractivity contribution >= 4 is 16.8 Å². The zero-order valence-corrected chi connectivity index (χ0v) is 12.0. The second kappa shape index (κ2) is 5.97. The molecule has 0 aliphatic carbocycles. The van der Waals surface area contributed by atoms with Crippen LogP contribution in [0.1, 0.15) is 30.7 Å². The average molecular weight is 281 g/mol. The lowest BCUT2D eigenvalue weighted by molar-refractivity contribution is 0.470. The minimum absolute atomic E-state index is 0.0777. The fourth-order valence-electron chi connectivity index (χ4n) is 2.47. The fraction of sp³-hybridized carbons (Fsp3) is 0.235. The van der Waals surface area contributed by atoms with Crippen LogP contribution in [0, 0.1) is 0 Å². The molecule has 4 nitrogen and oxygen atoms in total. The van der Waals surface area contributed by atoms with Crippen LogP contribution in [0.5, 0.6) is 0 Å². The monoisotopic (exact) mass is 281 g/mol. The molecule has 0 spiro atoms. The Kier molecular flexibility index (Phi) is 3.88. The van der Waals surface area contributed by atoms with E-state index >= 15 is 0 Å². The molecule has 0 fully saturated rings. The molecule has 0 bridgehead atoms. The minimum atomic E-state index is -0.0777. The highest BCUT2D eigenvalue weighted by Gasteiger charge is 2.20. The summed E-state index contributed by atoms with van der Waals surface area (Å²) in [5, 5.41) is 4.59. The molecule has 2 heterocycles. The van der Waals surface area contributed by atoms with Crippen LogP contribution < -0.4 is 11.1 Å². The lowest BCUT2D eigenvalue weighted by Crippen LogP contribution is -2.24. The van der Waals surface area contributed by atoms with Crippen LogP contribution in [-0.2, 0) is 0 Å². The summed E-state index contributed by atoms with van der Waals surface area (Å²) in [5.41, 5.74) is 7.87. The first-order valence-corrected chi connectivity index (χ1v) is 7.22. The van der Waals surface area contributed by atoms with Crippen molar-refractivity contribution in [3.63, 3.8) is 0 Å². The lowest BCUT2D eigenvalue weighted by Gasteiger charge is -2.17. The predicted molar refractivity (Wildman–Crippen MR) is 85.0 cm³/mol. The molecular formula is C17H19N3O. The summed E-state index contributed by atoms with van der Waals surface area (Å²) in [4.78, 5) is 4.18. The molecule has 0 aliphatic rings. The van der Waals surface area contributed by atoms with Gasteiger partial charge in [-0.3, -0.25) is 0 Å². The van der Waals surface area contributed by atoms with Gasteiger partial charge in [0.05, 0.1) is 6.04 Å². The molecule has 1 aromatic carbocycles. The third kappa shape index (κ3) is 2.76. The van der Waals surface area contributed by atoms with Gasteiger partial charge in [0.15, 0.2) is 0 Å². The third-order valence-electron chi connectivity index (χ3n) is 3.51. The maximum Gasteiger partial charge on any atom is 0.134 e. The van der Waals surface area contributed by atoms with Crippen LogP contribution in [-0.4, -0.2) is 11.5 Å². The molecular weight excluding hydrogens is 262 g/mol. The molecule has 108 valence electrons. The largest absolute Gasteiger partial charge is 0.459 e. The van der Waals surface area contributed by atoms with Crippen molar-refractivity contribution in [1.82, 2.24) is 10.3 Å². The highest BCUT2D eigenvalue weighted by Crippen LogP contribution is 2.30. The van der Waals surface area contributed by atoms with Gasteiger partial charge in [-0.05, 0) is 31.2 Å². The van der Waals surface area contributed by atoms with Crippen LogP contribution in [0.4, 0.5) is 5.82 Å². The summed E-state index contributed by atoms with van der Waals surface area (Å²) in [5.74, 6) is 1.40. The fourth-order valence-corrected chi connectivity index (χ4v) is 2.47. The first-order valence-electron chi connectivity index (χ1n) is 7.22. The highest BCUT2D eigenvalue weighted by atomic mass is 16.3. The van der Waals surface area contributed by atoms with Crippen molar-refractivity contribution in [3.05, 3.63) is 60.0 Å². The van der Waals surface area contributed by atoms with E-state index < -0.39 is 0 Å². The number of rotatable bonds is 5. The van der Waals surface area contributed by atoms with E-state index in [4.69, 9.17) is 10.2 Å². The summed E-state index contributed by atoms with van der Waals surface area (Å²) in [7, 11) is 0. The smallest absolute Gasteiger partial charge is 0.134 e. The Morgan fingerprint density at radius 3 is 2.86 bits per heavy atom. The number of fused-ring (bicyclic) bond motifs is 1. The van der Waals surface area contributed by atoms with Crippen molar-refractivity contribution in [1.29, 1.82) is 0 Å². The van der Waals surface area contributed by atoms with E-state index in [0.29, 0.717) is 5.82 Å². The number of pyridine rings is 1. The number of aromatic nitrogens is 1. The van der Waals surface area contributed by atoms with Gasteiger partial charge in [-0.1, -0.05) is 31.2 Å². The number of furan rings is 1. The molecule has 21 heavy (non-hydrogen) atoms. The molecule has 3 aromatic rings. The van der Waals surface area contributed by atoms with Gasteiger partial charge in [0.1, 0.15) is 17.2 Å². The summed E-state index contributed by atoms with van der Waals surface area (Å²) in [6.45, 7) is 3.02. The van der Waals surface area contributed by atoms with Crippen molar-refractivity contribution in [3.8, 4) is 0 Å². The first-order chi connectivity index (χ1) is 10.3. The van der Waals surface area contributed by atoms with Gasteiger partial charge in [-0.25, -0.2) is 4.98 Å². The Hall–Kier alpha value is -2.33. The maximum atomic E-state index is 6.03. The highest BCUT2D eigenvalue weighted by molar-refractivity contribution is 5.78. The van der Waals surface area contributed by atoms with Crippen molar-refractivity contribution in [2.45, 2.75) is 19.4 Å². The topological polar surface area (TPSA) is 64.1 Å². The number of para-hydroxylation sites is 1. The molecule has 0 amide bonds. The van der Waals surface area contributed by atoms with Crippen LogP contribution in [0.2, 0.25) is 0 Å². The Bertz CT molecular complexity index is 702. The maximum absolute atomic E-state index is 6.03. The summed E-state index contributed by atoms with van der Waals surface area (Å²) in [6.07, 6.45) is 2.74. The molecule has 0 aliphatic heterocycles. The number of nitrogens with zero attached hydrogens (tertiary/aromatic N) is 1. The van der Waals surface area contributed by atoms with Gasteiger partial charge in [0.25, 0.3) is 0 Å². The predicted octanol–water partition coefficient (Wildman–Crippen LogP) is 3.50. The van der Waals surface area contributed by atoms with E-state index in [1.807, 2.05) is 36.4 Å². The molecule has 3 rings (SSSR count). The van der Waals surface area contributed by atoms with Crippen LogP contribution >= 0.6 is 0 Å². The zero-order chi connectivity index (χ0) is 14.7. The summed E-state index contributed by atoms with van der Waals surface area (Å²) >= 11 is 0. The van der Waals surface area contributed by atoms with E-state index in [0.717, 1.165) is 35.3 Å². The van der Waals surface area contributed by atoms with Crippen molar-refractivity contribution < 1.29 is 4.42 Å². The molecule has 0 saturated heterocycles. The van der Waals surface area contributed by atoms with Crippen LogP contribution in [0.3, 0.4) is 0 Å². The Labute approximate surface area is 124 Å². The normalized spacial score (nSPS) is 12.6. The molecule has 1 atom stereocenters. The van der Waals surface area contributed by atoms with E-state index in [2.05, 4.69) is 23.3 Å². The van der Waals surface area contributed by atoms with Gasteiger partial charge in [-0.15, -0.1) is 0 Å². The van der Waals surface area contributed by atoms with Gasteiger partial charge >= 0.3 is 0 Å². The quantitative estimate of drug-likeness (QED) is 0.751. The van der Waals surface area contributed by atoms with Gasteiger partial charge < -0.3 is 15.5 Å². The number of nitrogens with two attached hydrogens (primary N) is 1. The van der Waals surface area contributed by atoms with E-state index in [1.165, 1.54) is 0 Å². The van der Waals surface area contributed by atoms with E-state index in [1.54, 1.807) is 6.20 Å². The molecule has 1 unspecified atom stereocenters. The number of hydrogen-bond donors (Lipinski definition) is 2. The van der Waals surface area contributed by atoms with E-state index in [-0.39, 0.29) is 6.04 Å². The number of anilines is 1. The minimum Gasteiger partial charge on any atom is -0.459 e. The van der Waals surface area contributed by atoms with E-state index in [9.17, 15) is 0 Å². The lowest BCUT2D eigenvalue weighted by atomic mass is 10.0. The average Bonchev–Trinajstić information content (AvgIpc) is 2.93. The molecule has 0 saturated carbocycles. The van der Waals surface area contributed by atoms with Crippen LogP contribution in [0.15, 0.2) is 53.1 Å². The molecule has 4 heteroatoms. The van der Waals surface area contributed by atoms with Crippen molar-refractivity contribution in [2.75, 3.05) is 12.3 Å². The number of hydrogen-bond acceptors (Lipinski definition) is 4. The Morgan fingerprint density at radius 1 is 1.24 bits per heavy atom. The standard InChI is InChI=1S/C17H19N3O/c1-2-9-19-16(13-7-5-10-20-17(13)18)15-11-12-6-3-4-8-14(12)21-15/h3-8,10-11,16,19H,2,9H2,1H3,(H2,18,20).